The van der Waals surface area contributed by atoms with Crippen LogP contribution in [0.1, 0.15) is 52.3 Å². The van der Waals surface area contributed by atoms with Crippen LogP contribution >= 0.6 is 11.3 Å². The number of hydrogen-bond acceptors (Lipinski definition) is 5. The molecule has 0 spiro atoms. The van der Waals surface area contributed by atoms with Crippen LogP contribution in [-0.2, 0) is 20.7 Å². The van der Waals surface area contributed by atoms with E-state index in [4.69, 9.17) is 4.74 Å². The van der Waals surface area contributed by atoms with Crippen molar-refractivity contribution in [1.29, 1.82) is 0 Å². The van der Waals surface area contributed by atoms with Gasteiger partial charge in [0.25, 0.3) is 0 Å². The fourth-order valence-corrected chi connectivity index (χ4v) is 3.53. The van der Waals surface area contributed by atoms with Crippen molar-refractivity contribution < 1.29 is 19.1 Å². The molecule has 0 saturated heterocycles. The predicted octanol–water partition coefficient (Wildman–Crippen LogP) is 2.81. The van der Waals surface area contributed by atoms with Crippen molar-refractivity contribution >= 4 is 34.9 Å². The van der Waals surface area contributed by atoms with E-state index in [1.54, 1.807) is 46.0 Å². The minimum Gasteiger partial charge on any atom is -0.444 e. The average Bonchev–Trinajstić information content (AvgIpc) is 2.81. The second kappa shape index (κ2) is 7.65. The van der Waals surface area contributed by atoms with Gasteiger partial charge < -0.3 is 20.7 Å². The number of alkyl carbamates (subject to hydrolysis) is 1. The normalized spacial score (nSPS) is 17.6. The minimum atomic E-state index is -0.799. The summed E-state index contributed by atoms with van der Waals surface area (Å²) in [5, 5.41) is 10.3. The van der Waals surface area contributed by atoms with Gasteiger partial charge in [-0.1, -0.05) is 0 Å². The van der Waals surface area contributed by atoms with Crippen LogP contribution in [0.25, 0.3) is 0 Å². The number of carbonyl (C=O) groups excluding carboxylic acids is 3. The van der Waals surface area contributed by atoms with Gasteiger partial charge in [-0.25, -0.2) is 4.79 Å². The molecule has 0 saturated carbocycles. The third kappa shape index (κ3) is 6.01. The summed E-state index contributed by atoms with van der Waals surface area (Å²) in [5.41, 5.74) is -0.587. The van der Waals surface area contributed by atoms with E-state index in [-0.39, 0.29) is 18.2 Å². The van der Waals surface area contributed by atoms with Gasteiger partial charge in [0.2, 0.25) is 11.8 Å². The molecule has 7 nitrogen and oxygen atoms in total. The summed E-state index contributed by atoms with van der Waals surface area (Å²) in [4.78, 5) is 37.7. The molecule has 1 aliphatic heterocycles. The van der Waals surface area contributed by atoms with Gasteiger partial charge in [0.15, 0.2) is 0 Å². The second-order valence-corrected chi connectivity index (χ2v) is 9.09. The van der Waals surface area contributed by atoms with Crippen LogP contribution in [0.2, 0.25) is 0 Å². The maximum atomic E-state index is 12.4. The highest BCUT2D eigenvalue weighted by molar-refractivity contribution is 7.10. The average molecular weight is 381 g/mol. The number of rotatable bonds is 4. The Balaban J connectivity index is 1.88. The first-order chi connectivity index (χ1) is 12.0. The molecule has 1 unspecified atom stereocenters. The van der Waals surface area contributed by atoms with Crippen molar-refractivity contribution in [2.24, 2.45) is 0 Å². The summed E-state index contributed by atoms with van der Waals surface area (Å²) in [7, 11) is 0. The standard InChI is InChI=1S/C18H27N3O4S/c1-17(2,3)25-16(24)21-18(4,5)10-14(22)19-12-6-7-13-11(8-9-26-13)20-15(12)23/h8-9,12H,6-7,10H2,1-5H3,(H,19,22)(H,20,23)(H,21,24). The third-order valence-electron chi connectivity index (χ3n) is 3.76. The zero-order valence-corrected chi connectivity index (χ0v) is 16.7. The van der Waals surface area contributed by atoms with Crippen molar-refractivity contribution in [3.63, 3.8) is 0 Å². The Bertz CT molecular complexity index is 691. The molecule has 2 rings (SSSR count). The molecule has 0 radical (unpaired) electrons. The molecule has 3 amide bonds. The number of ether oxygens (including phenoxy) is 1. The van der Waals surface area contributed by atoms with Crippen LogP contribution in [0.15, 0.2) is 11.4 Å². The first-order valence-electron chi connectivity index (χ1n) is 8.63. The van der Waals surface area contributed by atoms with E-state index in [9.17, 15) is 14.4 Å². The van der Waals surface area contributed by atoms with E-state index < -0.39 is 23.3 Å². The Morgan fingerprint density at radius 3 is 2.65 bits per heavy atom. The van der Waals surface area contributed by atoms with Gasteiger partial charge in [0.05, 0.1) is 5.69 Å². The van der Waals surface area contributed by atoms with Crippen molar-refractivity contribution in [3.8, 4) is 0 Å². The van der Waals surface area contributed by atoms with E-state index in [0.29, 0.717) is 6.42 Å². The van der Waals surface area contributed by atoms with Gasteiger partial charge in [-0.15, -0.1) is 11.3 Å². The first kappa shape index (κ1) is 20.2. The van der Waals surface area contributed by atoms with E-state index in [1.807, 2.05) is 11.4 Å². The van der Waals surface area contributed by atoms with Crippen LogP contribution in [0.5, 0.6) is 0 Å². The van der Waals surface area contributed by atoms with Gasteiger partial charge in [-0.05, 0) is 58.9 Å². The summed E-state index contributed by atoms with van der Waals surface area (Å²) >= 11 is 1.59. The van der Waals surface area contributed by atoms with Crippen molar-refractivity contribution in [2.45, 2.75) is 71.1 Å². The highest BCUT2D eigenvalue weighted by Crippen LogP contribution is 2.27. The molecule has 26 heavy (non-hydrogen) atoms. The molecule has 3 N–H and O–H groups in total. The molecule has 0 aromatic carbocycles. The zero-order chi connectivity index (χ0) is 19.5. The highest BCUT2D eigenvalue weighted by Gasteiger charge is 2.30. The van der Waals surface area contributed by atoms with Gasteiger partial charge in [-0.2, -0.15) is 0 Å². The molecule has 144 valence electrons. The molecule has 0 fully saturated rings. The summed E-state index contributed by atoms with van der Waals surface area (Å²) in [5.74, 6) is -0.509. The molecule has 1 atom stereocenters. The van der Waals surface area contributed by atoms with Gasteiger partial charge >= 0.3 is 6.09 Å². The smallest absolute Gasteiger partial charge is 0.408 e. The van der Waals surface area contributed by atoms with Crippen molar-refractivity contribution in [3.05, 3.63) is 16.3 Å². The van der Waals surface area contributed by atoms with Crippen LogP contribution in [0.4, 0.5) is 10.5 Å². The van der Waals surface area contributed by atoms with Crippen LogP contribution in [-0.4, -0.2) is 35.1 Å². The monoisotopic (exact) mass is 381 g/mol. The van der Waals surface area contributed by atoms with Gasteiger partial charge in [0, 0.05) is 16.8 Å². The number of aryl methyl sites for hydroxylation is 1. The van der Waals surface area contributed by atoms with Crippen LogP contribution in [0.3, 0.4) is 0 Å². The quantitative estimate of drug-likeness (QED) is 0.747. The van der Waals surface area contributed by atoms with E-state index >= 15 is 0 Å². The Labute approximate surface area is 157 Å². The highest BCUT2D eigenvalue weighted by atomic mass is 32.1. The fourth-order valence-electron chi connectivity index (χ4n) is 2.68. The van der Waals surface area contributed by atoms with Gasteiger partial charge in [0.1, 0.15) is 11.6 Å². The number of thiophene rings is 1. The zero-order valence-electron chi connectivity index (χ0n) is 15.9. The molecule has 0 aliphatic carbocycles. The molecule has 1 aromatic rings. The number of anilines is 1. The lowest BCUT2D eigenvalue weighted by Gasteiger charge is -2.28. The van der Waals surface area contributed by atoms with Crippen LogP contribution in [0, 0.1) is 0 Å². The number of nitrogens with one attached hydrogen (secondary N) is 3. The molecule has 0 bridgehead atoms. The van der Waals surface area contributed by atoms with E-state index in [1.165, 1.54) is 0 Å². The summed E-state index contributed by atoms with van der Waals surface area (Å²) < 4.78 is 5.22. The van der Waals surface area contributed by atoms with Crippen LogP contribution < -0.4 is 16.0 Å². The van der Waals surface area contributed by atoms with E-state index in [0.717, 1.165) is 17.0 Å². The molecule has 1 aliphatic rings. The third-order valence-corrected chi connectivity index (χ3v) is 4.74. The molecular weight excluding hydrogens is 354 g/mol. The van der Waals surface area contributed by atoms with Crippen molar-refractivity contribution in [1.82, 2.24) is 10.6 Å². The summed E-state index contributed by atoms with van der Waals surface area (Å²) in [6.45, 7) is 8.80. The summed E-state index contributed by atoms with van der Waals surface area (Å²) in [6, 6.07) is 1.29. The Morgan fingerprint density at radius 2 is 2.00 bits per heavy atom. The lowest BCUT2D eigenvalue weighted by atomic mass is 10.00. The SMILES string of the molecule is CC(C)(CC(=O)NC1CCc2sccc2NC1=O)NC(=O)OC(C)(C)C. The topological polar surface area (TPSA) is 96.5 Å². The maximum absolute atomic E-state index is 12.4. The van der Waals surface area contributed by atoms with Crippen molar-refractivity contribution in [2.75, 3.05) is 5.32 Å². The molecule has 2 heterocycles. The fraction of sp³-hybridized carbons (Fsp3) is 0.611. The molecule has 8 heteroatoms. The lowest BCUT2D eigenvalue weighted by molar-refractivity contribution is -0.127. The minimum absolute atomic E-state index is 0.0395. The Morgan fingerprint density at radius 1 is 1.31 bits per heavy atom. The summed E-state index contributed by atoms with van der Waals surface area (Å²) in [6.07, 6.45) is 0.742. The largest absolute Gasteiger partial charge is 0.444 e. The predicted molar refractivity (Wildman–Crippen MR) is 101 cm³/mol. The number of fused-ring (bicyclic) bond motifs is 1. The number of carbonyl (C=O) groups is 3. The number of amides is 3. The first-order valence-corrected chi connectivity index (χ1v) is 9.51. The molecule has 1 aromatic heterocycles. The van der Waals surface area contributed by atoms with E-state index in [2.05, 4.69) is 16.0 Å². The number of hydrogen-bond donors (Lipinski definition) is 3. The maximum Gasteiger partial charge on any atom is 0.408 e. The molecular formula is C18H27N3O4S. The Kier molecular flexibility index (Phi) is 5.95. The second-order valence-electron chi connectivity index (χ2n) is 8.09. The van der Waals surface area contributed by atoms with Gasteiger partial charge in [-0.3, -0.25) is 9.59 Å². The lowest BCUT2D eigenvalue weighted by Crippen LogP contribution is -2.51. The Hall–Kier alpha value is -2.09.